The van der Waals surface area contributed by atoms with Crippen molar-refractivity contribution in [1.29, 1.82) is 0 Å². The SMILES string of the molecule is C[C@@H](Nc1ncnc2[nH]c(CN)cc12)c1ccccc1. The van der Waals surface area contributed by atoms with E-state index in [9.17, 15) is 0 Å². The molecule has 102 valence electrons. The van der Waals surface area contributed by atoms with E-state index in [0.717, 1.165) is 22.5 Å². The Hall–Kier alpha value is -2.40. The summed E-state index contributed by atoms with van der Waals surface area (Å²) in [5, 5.41) is 4.39. The maximum absolute atomic E-state index is 5.66. The monoisotopic (exact) mass is 267 g/mol. The fourth-order valence-corrected chi connectivity index (χ4v) is 2.25. The smallest absolute Gasteiger partial charge is 0.143 e. The minimum absolute atomic E-state index is 0.172. The number of aromatic nitrogens is 3. The normalized spacial score (nSPS) is 12.5. The third-order valence-electron chi connectivity index (χ3n) is 3.35. The van der Waals surface area contributed by atoms with Gasteiger partial charge in [0.05, 0.1) is 5.39 Å². The van der Waals surface area contributed by atoms with Gasteiger partial charge in [-0.05, 0) is 18.6 Å². The molecule has 5 nitrogen and oxygen atoms in total. The van der Waals surface area contributed by atoms with E-state index in [0.29, 0.717) is 6.54 Å². The van der Waals surface area contributed by atoms with Gasteiger partial charge in [0.25, 0.3) is 0 Å². The van der Waals surface area contributed by atoms with Crippen molar-refractivity contribution in [3.8, 4) is 0 Å². The highest BCUT2D eigenvalue weighted by atomic mass is 15.1. The Morgan fingerprint density at radius 2 is 2.05 bits per heavy atom. The van der Waals surface area contributed by atoms with Crippen LogP contribution in [0.2, 0.25) is 0 Å². The highest BCUT2D eigenvalue weighted by molar-refractivity contribution is 5.87. The van der Waals surface area contributed by atoms with Crippen LogP contribution in [0.1, 0.15) is 24.2 Å². The Labute approximate surface area is 117 Å². The molecule has 0 aliphatic rings. The average Bonchev–Trinajstić information content (AvgIpc) is 2.92. The van der Waals surface area contributed by atoms with E-state index in [1.807, 2.05) is 24.3 Å². The molecule has 0 fully saturated rings. The van der Waals surface area contributed by atoms with Crippen LogP contribution >= 0.6 is 0 Å². The molecule has 0 saturated carbocycles. The largest absolute Gasteiger partial charge is 0.363 e. The highest BCUT2D eigenvalue weighted by Crippen LogP contribution is 2.24. The third-order valence-corrected chi connectivity index (χ3v) is 3.35. The van der Waals surface area contributed by atoms with Gasteiger partial charge in [0.1, 0.15) is 17.8 Å². The molecule has 0 aliphatic heterocycles. The Balaban J connectivity index is 1.92. The summed E-state index contributed by atoms with van der Waals surface area (Å²) < 4.78 is 0. The summed E-state index contributed by atoms with van der Waals surface area (Å²) in [6.07, 6.45) is 1.55. The first kappa shape index (κ1) is 12.6. The first-order chi connectivity index (χ1) is 9.78. The van der Waals surface area contributed by atoms with E-state index in [1.165, 1.54) is 5.56 Å². The number of nitrogens with zero attached hydrogens (tertiary/aromatic N) is 2. The molecule has 0 unspecified atom stereocenters. The zero-order valence-corrected chi connectivity index (χ0v) is 11.3. The molecule has 20 heavy (non-hydrogen) atoms. The third kappa shape index (κ3) is 2.35. The fourth-order valence-electron chi connectivity index (χ4n) is 2.25. The van der Waals surface area contributed by atoms with Crippen LogP contribution in [0.3, 0.4) is 0 Å². The van der Waals surface area contributed by atoms with Gasteiger partial charge in [-0.2, -0.15) is 0 Å². The first-order valence-electron chi connectivity index (χ1n) is 6.62. The van der Waals surface area contributed by atoms with Crippen molar-refractivity contribution < 1.29 is 0 Å². The molecule has 0 amide bonds. The molecule has 3 aromatic rings. The number of aromatic amines is 1. The zero-order chi connectivity index (χ0) is 13.9. The lowest BCUT2D eigenvalue weighted by atomic mass is 10.1. The lowest BCUT2D eigenvalue weighted by molar-refractivity contribution is 0.876. The van der Waals surface area contributed by atoms with Crippen molar-refractivity contribution in [2.24, 2.45) is 5.73 Å². The van der Waals surface area contributed by atoms with Crippen LogP contribution in [0.4, 0.5) is 5.82 Å². The minimum Gasteiger partial charge on any atom is -0.363 e. The van der Waals surface area contributed by atoms with Gasteiger partial charge >= 0.3 is 0 Å². The molecule has 0 bridgehead atoms. The molecule has 0 aliphatic carbocycles. The Bertz CT molecular complexity index is 705. The van der Waals surface area contributed by atoms with E-state index in [1.54, 1.807) is 6.33 Å². The van der Waals surface area contributed by atoms with Crippen molar-refractivity contribution in [3.63, 3.8) is 0 Å². The number of hydrogen-bond acceptors (Lipinski definition) is 4. The molecule has 0 saturated heterocycles. The molecule has 2 heterocycles. The molecule has 2 aromatic heterocycles. The molecule has 0 radical (unpaired) electrons. The molecule has 5 heteroatoms. The van der Waals surface area contributed by atoms with Crippen molar-refractivity contribution in [1.82, 2.24) is 15.0 Å². The van der Waals surface area contributed by atoms with Gasteiger partial charge in [0, 0.05) is 18.3 Å². The van der Waals surface area contributed by atoms with Crippen LogP contribution < -0.4 is 11.1 Å². The number of nitrogens with two attached hydrogens (primary N) is 1. The van der Waals surface area contributed by atoms with Crippen molar-refractivity contribution in [3.05, 3.63) is 54.0 Å². The van der Waals surface area contributed by atoms with Crippen molar-refractivity contribution >= 4 is 16.9 Å². The van der Waals surface area contributed by atoms with Crippen LogP contribution in [0.25, 0.3) is 11.0 Å². The molecule has 1 aromatic carbocycles. The van der Waals surface area contributed by atoms with E-state index in [-0.39, 0.29) is 6.04 Å². The number of benzene rings is 1. The Morgan fingerprint density at radius 1 is 1.25 bits per heavy atom. The van der Waals surface area contributed by atoms with Gasteiger partial charge in [-0.3, -0.25) is 0 Å². The highest BCUT2D eigenvalue weighted by Gasteiger charge is 2.10. The number of H-pyrrole nitrogens is 1. The average molecular weight is 267 g/mol. The van der Waals surface area contributed by atoms with Gasteiger partial charge in [0.15, 0.2) is 0 Å². The molecule has 4 N–H and O–H groups in total. The van der Waals surface area contributed by atoms with E-state index in [2.05, 4.69) is 39.3 Å². The number of nitrogens with one attached hydrogen (secondary N) is 2. The zero-order valence-electron chi connectivity index (χ0n) is 11.3. The molecule has 3 rings (SSSR count). The summed E-state index contributed by atoms with van der Waals surface area (Å²) in [4.78, 5) is 11.7. The van der Waals surface area contributed by atoms with Gasteiger partial charge in [-0.25, -0.2) is 9.97 Å². The molecular weight excluding hydrogens is 250 g/mol. The van der Waals surface area contributed by atoms with E-state index < -0.39 is 0 Å². The Kier molecular flexibility index (Phi) is 3.35. The summed E-state index contributed by atoms with van der Waals surface area (Å²) in [6, 6.07) is 12.4. The quantitative estimate of drug-likeness (QED) is 0.678. The van der Waals surface area contributed by atoms with Crippen molar-refractivity contribution in [2.75, 3.05) is 5.32 Å². The minimum atomic E-state index is 0.172. The molecule has 1 atom stereocenters. The Morgan fingerprint density at radius 3 is 2.80 bits per heavy atom. The van der Waals surface area contributed by atoms with E-state index >= 15 is 0 Å². The van der Waals surface area contributed by atoms with Crippen LogP contribution in [0.15, 0.2) is 42.7 Å². The predicted octanol–water partition coefficient (Wildman–Crippen LogP) is 2.59. The van der Waals surface area contributed by atoms with Crippen LogP contribution in [-0.4, -0.2) is 15.0 Å². The number of fused-ring (bicyclic) bond motifs is 1. The lowest BCUT2D eigenvalue weighted by Gasteiger charge is -2.15. The first-order valence-corrected chi connectivity index (χ1v) is 6.62. The van der Waals surface area contributed by atoms with Gasteiger partial charge < -0.3 is 16.0 Å². The lowest BCUT2D eigenvalue weighted by Crippen LogP contribution is -2.08. The molecule has 0 spiro atoms. The standard InChI is InChI=1S/C15H17N5/c1-10(11-5-3-2-4-6-11)19-14-13-7-12(8-16)20-15(13)18-9-17-14/h2-7,9-10H,8,16H2,1H3,(H2,17,18,19,20)/t10-/m1/s1. The van der Waals surface area contributed by atoms with Crippen molar-refractivity contribution in [2.45, 2.75) is 19.5 Å². The maximum atomic E-state index is 5.66. The van der Waals surface area contributed by atoms with Crippen LogP contribution in [-0.2, 0) is 6.54 Å². The summed E-state index contributed by atoms with van der Waals surface area (Å²) in [7, 11) is 0. The summed E-state index contributed by atoms with van der Waals surface area (Å²) in [5.41, 5.74) is 8.64. The number of anilines is 1. The second-order valence-electron chi connectivity index (χ2n) is 4.76. The van der Waals surface area contributed by atoms with Crippen LogP contribution in [0.5, 0.6) is 0 Å². The second kappa shape index (κ2) is 5.30. The maximum Gasteiger partial charge on any atom is 0.143 e. The topological polar surface area (TPSA) is 79.6 Å². The summed E-state index contributed by atoms with van der Waals surface area (Å²) >= 11 is 0. The number of hydrogen-bond donors (Lipinski definition) is 3. The summed E-state index contributed by atoms with van der Waals surface area (Å²) in [5.74, 6) is 0.822. The van der Waals surface area contributed by atoms with E-state index in [4.69, 9.17) is 5.73 Å². The predicted molar refractivity (Wildman–Crippen MR) is 80.3 cm³/mol. The fraction of sp³-hybridized carbons (Fsp3) is 0.200. The summed E-state index contributed by atoms with van der Waals surface area (Å²) in [6.45, 7) is 2.57. The van der Waals surface area contributed by atoms with Gasteiger partial charge in [-0.1, -0.05) is 30.3 Å². The van der Waals surface area contributed by atoms with Gasteiger partial charge in [0.2, 0.25) is 0 Å². The second-order valence-corrected chi connectivity index (χ2v) is 4.76. The molecular formula is C15H17N5. The van der Waals surface area contributed by atoms with Crippen LogP contribution in [0, 0.1) is 0 Å². The number of rotatable bonds is 4. The van der Waals surface area contributed by atoms with Gasteiger partial charge in [-0.15, -0.1) is 0 Å².